The van der Waals surface area contributed by atoms with Crippen molar-refractivity contribution in [3.8, 4) is 78.1 Å². The quantitative estimate of drug-likeness (QED) is 0.166. The summed E-state index contributed by atoms with van der Waals surface area (Å²) in [7, 11) is 0. The zero-order chi connectivity index (χ0) is 36.6. The van der Waals surface area contributed by atoms with Crippen LogP contribution in [0.2, 0.25) is 0 Å². The summed E-state index contributed by atoms with van der Waals surface area (Å²) in [6.45, 7) is 0. The molecule has 55 heavy (non-hydrogen) atoms. The smallest absolute Gasteiger partial charge is 0.136 e. The van der Waals surface area contributed by atoms with Crippen molar-refractivity contribution in [2.45, 2.75) is 0 Å². The van der Waals surface area contributed by atoms with Crippen LogP contribution < -0.4 is 0 Å². The third kappa shape index (κ3) is 5.68. The lowest BCUT2D eigenvalue weighted by Crippen LogP contribution is -2.04. The van der Waals surface area contributed by atoms with Gasteiger partial charge in [-0.25, -0.2) is 0 Å². The van der Waals surface area contributed by atoms with Gasteiger partial charge in [0.2, 0.25) is 0 Å². The third-order valence-electron chi connectivity index (χ3n) is 10.4. The summed E-state index contributed by atoms with van der Waals surface area (Å²) in [6.07, 6.45) is 0. The monoisotopic (exact) mass is 703 g/mol. The number of hydrogen-bond donors (Lipinski definition) is 0. The van der Waals surface area contributed by atoms with Crippen LogP contribution in [0.15, 0.2) is 205 Å². The van der Waals surface area contributed by atoms with Crippen molar-refractivity contribution in [1.29, 1.82) is 0 Å². The minimum Gasteiger partial charge on any atom is -0.456 e. The number of nitrogens with zero attached hydrogens (tertiary/aromatic N) is 3. The molecule has 0 aliphatic heterocycles. The van der Waals surface area contributed by atoms with Crippen molar-refractivity contribution in [1.82, 2.24) is 15.4 Å². The van der Waals surface area contributed by atoms with Gasteiger partial charge in [-0.1, -0.05) is 188 Å². The first-order valence-corrected chi connectivity index (χ1v) is 18.5. The number of hydrogen-bond acceptors (Lipinski definition) is 4. The molecule has 10 rings (SSSR count). The third-order valence-corrected chi connectivity index (χ3v) is 10.4. The van der Waals surface area contributed by atoms with Crippen LogP contribution in [-0.2, 0) is 0 Å². The molecule has 0 radical (unpaired) electrons. The summed E-state index contributed by atoms with van der Waals surface area (Å²) in [6, 6.07) is 69.8. The average molecular weight is 704 g/mol. The van der Waals surface area contributed by atoms with Gasteiger partial charge in [-0.05, 0) is 56.3 Å². The van der Waals surface area contributed by atoms with E-state index in [1.54, 1.807) is 0 Å². The molecule has 0 amide bonds. The van der Waals surface area contributed by atoms with E-state index in [0.717, 1.165) is 100 Å². The molecular weight excluding hydrogens is 671 g/mol. The molecule has 4 heteroatoms. The van der Waals surface area contributed by atoms with E-state index < -0.39 is 0 Å². The molecule has 2 heterocycles. The molecule has 2 aromatic heterocycles. The van der Waals surface area contributed by atoms with Crippen molar-refractivity contribution in [2.24, 2.45) is 0 Å². The van der Waals surface area contributed by atoms with Crippen LogP contribution >= 0.6 is 0 Å². The van der Waals surface area contributed by atoms with Crippen molar-refractivity contribution in [3.05, 3.63) is 200 Å². The first-order valence-electron chi connectivity index (χ1n) is 18.5. The molecular formula is C51H33N3O. The maximum Gasteiger partial charge on any atom is 0.136 e. The van der Waals surface area contributed by atoms with Crippen LogP contribution in [0.25, 0.3) is 100 Å². The van der Waals surface area contributed by atoms with Crippen LogP contribution in [0.5, 0.6) is 0 Å². The van der Waals surface area contributed by atoms with Gasteiger partial charge in [-0.3, -0.25) is 0 Å². The van der Waals surface area contributed by atoms with E-state index in [1.807, 2.05) is 30.3 Å². The highest BCUT2D eigenvalue weighted by Gasteiger charge is 2.29. The second-order valence-electron chi connectivity index (χ2n) is 13.6. The Balaban J connectivity index is 1.46. The van der Waals surface area contributed by atoms with Gasteiger partial charge in [-0.2, -0.15) is 0 Å². The molecule has 0 saturated carbocycles. The molecule has 258 valence electrons. The van der Waals surface area contributed by atoms with Crippen LogP contribution in [0.4, 0.5) is 0 Å². The molecule has 4 nitrogen and oxygen atoms in total. The van der Waals surface area contributed by atoms with E-state index in [-0.39, 0.29) is 0 Å². The maximum absolute atomic E-state index is 6.64. The second-order valence-corrected chi connectivity index (χ2v) is 13.6. The predicted octanol–water partition coefficient (Wildman–Crippen LogP) is 13.4. The Hall–Kier alpha value is -7.43. The summed E-state index contributed by atoms with van der Waals surface area (Å²) >= 11 is 0. The molecule has 0 aliphatic rings. The molecule has 10 aromatic rings. The van der Waals surface area contributed by atoms with E-state index in [2.05, 4.69) is 175 Å². The molecule has 0 saturated heterocycles. The first-order chi connectivity index (χ1) is 27.3. The molecule has 0 unspecified atom stereocenters. The Bertz CT molecular complexity index is 2940. The zero-order valence-electron chi connectivity index (χ0n) is 29.8. The molecule has 0 aliphatic carbocycles. The number of fused-ring (bicyclic) bond motifs is 3. The first kappa shape index (κ1) is 32.2. The fourth-order valence-corrected chi connectivity index (χ4v) is 7.93. The maximum atomic E-state index is 6.64. The summed E-state index contributed by atoms with van der Waals surface area (Å²) in [5.74, 6) is 0. The van der Waals surface area contributed by atoms with Gasteiger partial charge in [0.15, 0.2) is 0 Å². The SMILES string of the molecule is c1ccc(-c2ccc(-c3ccccc3)c(-c3c(-c4ccccc4)ccc4oc5ccccc5c34)c2-c2nnnc(-c3ccccc3)c2-c2ccccc2)cc1. The lowest BCUT2D eigenvalue weighted by atomic mass is 9.79. The number of rotatable bonds is 7. The highest BCUT2D eigenvalue weighted by molar-refractivity contribution is 6.20. The van der Waals surface area contributed by atoms with Crippen molar-refractivity contribution in [2.75, 3.05) is 0 Å². The van der Waals surface area contributed by atoms with Gasteiger partial charge in [0.25, 0.3) is 0 Å². The zero-order valence-corrected chi connectivity index (χ0v) is 29.8. The molecule has 0 fully saturated rings. The largest absolute Gasteiger partial charge is 0.456 e. The van der Waals surface area contributed by atoms with Crippen LogP contribution in [-0.4, -0.2) is 15.4 Å². The normalized spacial score (nSPS) is 11.3. The minimum absolute atomic E-state index is 0.746. The van der Waals surface area contributed by atoms with E-state index in [0.29, 0.717) is 0 Å². The minimum atomic E-state index is 0.746. The van der Waals surface area contributed by atoms with E-state index >= 15 is 0 Å². The van der Waals surface area contributed by atoms with Crippen molar-refractivity contribution >= 4 is 21.9 Å². The molecule has 0 N–H and O–H groups in total. The van der Waals surface area contributed by atoms with E-state index in [4.69, 9.17) is 14.6 Å². The topological polar surface area (TPSA) is 51.8 Å². The highest BCUT2D eigenvalue weighted by atomic mass is 16.3. The summed E-state index contributed by atoms with van der Waals surface area (Å²) < 4.78 is 6.64. The standard InChI is InChI=1S/C51H33N3O/c1-6-18-34(19-7-1)39-30-31-41(36-22-10-3-11-23-36)49(51-45(37-24-12-4-13-25-37)50(52-54-53-51)38-26-14-5-15-27-38)48(39)47-40(35-20-8-2-9-21-35)32-33-44-46(47)42-28-16-17-29-43(42)55-44/h1-33H. The van der Waals surface area contributed by atoms with Gasteiger partial charge in [0.1, 0.15) is 22.6 Å². The molecule has 0 bridgehead atoms. The lowest BCUT2D eigenvalue weighted by molar-refractivity contribution is 0.669. The summed E-state index contributed by atoms with van der Waals surface area (Å²) in [5, 5.41) is 16.5. The Kier molecular flexibility index (Phi) is 8.12. The highest BCUT2D eigenvalue weighted by Crippen LogP contribution is 2.53. The van der Waals surface area contributed by atoms with Crippen LogP contribution in [0.3, 0.4) is 0 Å². The Morgan fingerprint density at radius 2 is 0.727 bits per heavy atom. The van der Waals surface area contributed by atoms with E-state index in [9.17, 15) is 0 Å². The second kappa shape index (κ2) is 13.8. The van der Waals surface area contributed by atoms with Gasteiger partial charge in [0, 0.05) is 38.6 Å². The fourth-order valence-electron chi connectivity index (χ4n) is 7.93. The molecule has 0 atom stereocenters. The number of aromatic nitrogens is 3. The fraction of sp³-hybridized carbons (Fsp3) is 0. The Labute approximate surface area is 319 Å². The number of furan rings is 1. The van der Waals surface area contributed by atoms with Gasteiger partial charge < -0.3 is 4.42 Å². The van der Waals surface area contributed by atoms with Crippen LogP contribution in [0.1, 0.15) is 0 Å². The lowest BCUT2D eigenvalue weighted by Gasteiger charge is -2.24. The Morgan fingerprint density at radius 3 is 1.31 bits per heavy atom. The van der Waals surface area contributed by atoms with Gasteiger partial charge in [-0.15, -0.1) is 10.2 Å². The van der Waals surface area contributed by atoms with Crippen LogP contribution in [0, 0.1) is 0 Å². The van der Waals surface area contributed by atoms with Gasteiger partial charge >= 0.3 is 0 Å². The molecule has 0 spiro atoms. The van der Waals surface area contributed by atoms with Gasteiger partial charge in [0.05, 0.1) is 0 Å². The molecule has 8 aromatic carbocycles. The van der Waals surface area contributed by atoms with E-state index in [1.165, 1.54) is 0 Å². The average Bonchev–Trinajstić information content (AvgIpc) is 3.66. The summed E-state index contributed by atoms with van der Waals surface area (Å²) in [4.78, 5) is 0. The van der Waals surface area contributed by atoms with Crippen molar-refractivity contribution < 1.29 is 4.42 Å². The predicted molar refractivity (Wildman–Crippen MR) is 225 cm³/mol. The Morgan fingerprint density at radius 1 is 0.291 bits per heavy atom. The number of para-hydroxylation sites is 1. The van der Waals surface area contributed by atoms with Crippen molar-refractivity contribution in [3.63, 3.8) is 0 Å². The number of benzene rings is 8. The summed E-state index contributed by atoms with van der Waals surface area (Å²) in [5.41, 5.74) is 15.6.